The highest BCUT2D eigenvalue weighted by Gasteiger charge is 2.23. The molecule has 7 nitrogen and oxygen atoms in total. The van der Waals surface area contributed by atoms with Crippen LogP contribution in [0.15, 0.2) is 53.9 Å². The Balaban J connectivity index is 1.28. The van der Waals surface area contributed by atoms with Crippen LogP contribution < -0.4 is 20.3 Å². The Morgan fingerprint density at radius 3 is 2.73 bits per heavy atom. The molecule has 2 heterocycles. The van der Waals surface area contributed by atoms with E-state index >= 15 is 0 Å². The number of urea groups is 1. The van der Waals surface area contributed by atoms with Gasteiger partial charge in [-0.25, -0.2) is 9.78 Å². The molecule has 0 bridgehead atoms. The Morgan fingerprint density at radius 1 is 1.13 bits per heavy atom. The van der Waals surface area contributed by atoms with E-state index in [4.69, 9.17) is 4.74 Å². The van der Waals surface area contributed by atoms with Crippen molar-refractivity contribution in [2.75, 3.05) is 29.2 Å². The molecule has 0 fully saturated rings. The summed E-state index contributed by atoms with van der Waals surface area (Å²) in [5.41, 5.74) is 3.68. The smallest absolute Gasteiger partial charge is 0.325 e. The highest BCUT2D eigenvalue weighted by molar-refractivity contribution is 7.13. The average molecular weight is 423 g/mol. The highest BCUT2D eigenvalue weighted by Crippen LogP contribution is 2.28. The van der Waals surface area contributed by atoms with Crippen LogP contribution in [-0.4, -0.2) is 30.6 Å². The van der Waals surface area contributed by atoms with Gasteiger partial charge in [0.1, 0.15) is 5.75 Å². The predicted octanol–water partition coefficient (Wildman–Crippen LogP) is 4.32. The van der Waals surface area contributed by atoms with E-state index in [2.05, 4.69) is 21.7 Å². The Bertz CT molecular complexity index is 1050. The normalized spacial score (nSPS) is 12.4. The molecule has 154 valence electrons. The molecule has 8 heteroatoms. The first-order valence-corrected chi connectivity index (χ1v) is 10.5. The number of carbonyl (C=O) groups excluding carboxylic acids is 2. The minimum Gasteiger partial charge on any atom is -0.497 e. The Kier molecular flexibility index (Phi) is 5.94. The second-order valence-electron chi connectivity index (χ2n) is 6.88. The van der Waals surface area contributed by atoms with E-state index in [0.717, 1.165) is 30.1 Å². The molecule has 0 radical (unpaired) electrons. The lowest BCUT2D eigenvalue weighted by atomic mass is 10.2. The molecule has 0 saturated heterocycles. The van der Waals surface area contributed by atoms with Crippen molar-refractivity contribution in [3.05, 3.63) is 65.2 Å². The fourth-order valence-corrected chi connectivity index (χ4v) is 4.12. The van der Waals surface area contributed by atoms with E-state index in [1.165, 1.54) is 16.9 Å². The number of aryl methyl sites for hydroxylation is 1. The summed E-state index contributed by atoms with van der Waals surface area (Å²) in [4.78, 5) is 31.1. The van der Waals surface area contributed by atoms with E-state index in [1.807, 2.05) is 28.5 Å². The summed E-state index contributed by atoms with van der Waals surface area (Å²) in [6.45, 7) is 0.730. The average Bonchev–Trinajstić information content (AvgIpc) is 3.39. The van der Waals surface area contributed by atoms with Crippen molar-refractivity contribution in [1.29, 1.82) is 0 Å². The van der Waals surface area contributed by atoms with Crippen LogP contribution in [0.5, 0.6) is 5.75 Å². The van der Waals surface area contributed by atoms with Gasteiger partial charge in [0.25, 0.3) is 0 Å². The first-order valence-electron chi connectivity index (χ1n) is 9.67. The third-order valence-corrected chi connectivity index (χ3v) is 5.71. The number of rotatable bonds is 6. The molecular weight excluding hydrogens is 400 g/mol. The first-order chi connectivity index (χ1) is 14.6. The number of thiazole rings is 1. The zero-order valence-electron chi connectivity index (χ0n) is 16.6. The molecule has 3 aromatic rings. The largest absolute Gasteiger partial charge is 0.497 e. The van der Waals surface area contributed by atoms with Crippen LogP contribution in [0.25, 0.3) is 0 Å². The van der Waals surface area contributed by atoms with E-state index in [9.17, 15) is 9.59 Å². The second kappa shape index (κ2) is 8.96. The maximum atomic E-state index is 12.6. The number of anilines is 3. The number of nitrogens with zero attached hydrogens (tertiary/aromatic N) is 2. The third kappa shape index (κ3) is 4.60. The van der Waals surface area contributed by atoms with Crippen molar-refractivity contribution in [2.45, 2.75) is 19.3 Å². The number of para-hydroxylation sites is 1. The van der Waals surface area contributed by atoms with Gasteiger partial charge in [-0.1, -0.05) is 18.2 Å². The monoisotopic (exact) mass is 422 g/mol. The lowest BCUT2D eigenvalue weighted by molar-refractivity contribution is -0.118. The number of nitrogens with one attached hydrogen (secondary N) is 2. The number of amides is 3. The van der Waals surface area contributed by atoms with E-state index < -0.39 is 0 Å². The topological polar surface area (TPSA) is 83.6 Å². The molecular formula is C22H22N4O3S. The van der Waals surface area contributed by atoms with Gasteiger partial charge in [-0.15, -0.1) is 11.3 Å². The minimum absolute atomic E-state index is 0.0970. The molecule has 1 aliphatic heterocycles. The van der Waals surface area contributed by atoms with Crippen LogP contribution in [0.2, 0.25) is 0 Å². The van der Waals surface area contributed by atoms with Crippen LogP contribution in [0, 0.1) is 0 Å². The fourth-order valence-electron chi connectivity index (χ4n) is 3.38. The lowest BCUT2D eigenvalue weighted by Gasteiger charge is -2.16. The van der Waals surface area contributed by atoms with Crippen molar-refractivity contribution in [3.63, 3.8) is 0 Å². The Morgan fingerprint density at radius 2 is 1.93 bits per heavy atom. The molecule has 0 atom stereocenters. The molecule has 2 N–H and O–H groups in total. The Labute approximate surface area is 178 Å². The molecule has 30 heavy (non-hydrogen) atoms. The van der Waals surface area contributed by atoms with Gasteiger partial charge >= 0.3 is 6.03 Å². The predicted molar refractivity (Wildman–Crippen MR) is 119 cm³/mol. The number of aromatic nitrogens is 1. The summed E-state index contributed by atoms with van der Waals surface area (Å²) >= 11 is 1.34. The summed E-state index contributed by atoms with van der Waals surface area (Å²) < 4.78 is 5.10. The summed E-state index contributed by atoms with van der Waals surface area (Å²) in [6, 6.07) is 14.7. The lowest BCUT2D eigenvalue weighted by Crippen LogP contribution is -2.29. The molecule has 0 saturated carbocycles. The number of methoxy groups -OCH3 is 1. The molecule has 4 rings (SSSR count). The van der Waals surface area contributed by atoms with Gasteiger partial charge in [0.2, 0.25) is 5.91 Å². The minimum atomic E-state index is -0.370. The van der Waals surface area contributed by atoms with Gasteiger partial charge in [0, 0.05) is 29.7 Å². The zero-order valence-corrected chi connectivity index (χ0v) is 17.4. The van der Waals surface area contributed by atoms with Gasteiger partial charge < -0.3 is 15.0 Å². The van der Waals surface area contributed by atoms with Crippen LogP contribution in [-0.2, 0) is 17.6 Å². The van der Waals surface area contributed by atoms with Crippen LogP contribution in [0.3, 0.4) is 0 Å². The summed E-state index contributed by atoms with van der Waals surface area (Å²) in [5, 5.41) is 7.84. The summed E-state index contributed by atoms with van der Waals surface area (Å²) in [6.07, 6.45) is 1.82. The van der Waals surface area contributed by atoms with Gasteiger partial charge in [-0.3, -0.25) is 10.1 Å². The molecule has 2 aromatic carbocycles. The second-order valence-corrected chi connectivity index (χ2v) is 7.73. The van der Waals surface area contributed by atoms with Gasteiger partial charge in [-0.2, -0.15) is 0 Å². The van der Waals surface area contributed by atoms with Crippen molar-refractivity contribution in [3.8, 4) is 5.75 Å². The quantitative estimate of drug-likeness (QED) is 0.620. The van der Waals surface area contributed by atoms with E-state index in [1.54, 1.807) is 31.4 Å². The standard InChI is InChI=1S/C22H22N4O3S/c1-29-18-9-6-16(7-10-18)23-21(28)25-22-24-17(14-30-22)8-11-20(27)26-13-12-15-4-2-3-5-19(15)26/h2-7,9-10,14H,8,11-13H2,1H3,(H2,23,24,25,28). The molecule has 0 spiro atoms. The molecule has 0 unspecified atom stereocenters. The van der Waals surface area contributed by atoms with Crippen LogP contribution in [0.1, 0.15) is 17.7 Å². The van der Waals surface area contributed by atoms with Crippen molar-refractivity contribution < 1.29 is 14.3 Å². The SMILES string of the molecule is COc1ccc(NC(=O)Nc2nc(CCC(=O)N3CCc4ccccc43)cs2)cc1. The summed E-state index contributed by atoms with van der Waals surface area (Å²) in [5.74, 6) is 0.817. The molecule has 0 aliphatic carbocycles. The summed E-state index contributed by atoms with van der Waals surface area (Å²) in [7, 11) is 1.59. The van der Waals surface area contributed by atoms with Gasteiger partial charge in [0.05, 0.1) is 12.8 Å². The fraction of sp³-hybridized carbons (Fsp3) is 0.227. The van der Waals surface area contributed by atoms with E-state index in [-0.39, 0.29) is 11.9 Å². The highest BCUT2D eigenvalue weighted by atomic mass is 32.1. The number of hydrogen-bond donors (Lipinski definition) is 2. The van der Waals surface area contributed by atoms with Gasteiger partial charge in [-0.05, 0) is 48.7 Å². The van der Waals surface area contributed by atoms with Crippen molar-refractivity contribution in [2.24, 2.45) is 0 Å². The number of ether oxygens (including phenoxy) is 1. The molecule has 3 amide bonds. The van der Waals surface area contributed by atoms with Gasteiger partial charge in [0.15, 0.2) is 5.13 Å². The first kappa shape index (κ1) is 19.9. The van der Waals surface area contributed by atoms with Crippen molar-refractivity contribution in [1.82, 2.24) is 4.98 Å². The zero-order chi connectivity index (χ0) is 20.9. The maximum Gasteiger partial charge on any atom is 0.325 e. The number of hydrogen-bond acceptors (Lipinski definition) is 5. The molecule has 1 aromatic heterocycles. The van der Waals surface area contributed by atoms with Crippen molar-refractivity contribution >= 4 is 39.8 Å². The number of benzene rings is 2. The van der Waals surface area contributed by atoms with Crippen LogP contribution >= 0.6 is 11.3 Å². The van der Waals surface area contributed by atoms with E-state index in [0.29, 0.717) is 23.7 Å². The maximum absolute atomic E-state index is 12.6. The number of fused-ring (bicyclic) bond motifs is 1. The molecule has 1 aliphatic rings. The third-order valence-electron chi connectivity index (χ3n) is 4.90. The Hall–Kier alpha value is -3.39. The van der Waals surface area contributed by atoms with Crippen LogP contribution in [0.4, 0.5) is 21.3 Å². The number of carbonyl (C=O) groups is 2.